The van der Waals surface area contributed by atoms with E-state index in [4.69, 9.17) is 4.74 Å². The minimum Gasteiger partial charge on any atom is -0.546 e. The minimum atomic E-state index is -2.03. The highest BCUT2D eigenvalue weighted by Crippen LogP contribution is 2.54. The zero-order valence-corrected chi connectivity index (χ0v) is 14.6. The Morgan fingerprint density at radius 3 is 1.40 bits per heavy atom. The summed E-state index contributed by atoms with van der Waals surface area (Å²) in [7, 11) is -2.03. The molecule has 3 aromatic carbocycles. The average Bonchev–Trinajstić information content (AvgIpc) is 2.67. The van der Waals surface area contributed by atoms with Crippen molar-refractivity contribution in [1.82, 2.24) is 0 Å². The van der Waals surface area contributed by atoms with Crippen LogP contribution in [0.25, 0.3) is 0 Å². The van der Waals surface area contributed by atoms with Gasteiger partial charge < -0.3 is 14.6 Å². The van der Waals surface area contributed by atoms with Gasteiger partial charge in [-0.25, -0.2) is 0 Å². The normalized spacial score (nSPS) is 11.0. The van der Waals surface area contributed by atoms with Crippen molar-refractivity contribution in [2.75, 3.05) is 12.8 Å². The average molecular weight is 350 g/mol. The van der Waals surface area contributed by atoms with Crippen LogP contribution >= 0.6 is 7.26 Å². The summed E-state index contributed by atoms with van der Waals surface area (Å²) in [6.07, 6.45) is -0.883. The Morgan fingerprint density at radius 1 is 0.720 bits per heavy atom. The number of benzene rings is 3. The molecule has 0 N–H and O–H groups in total. The fraction of sp³-hybridized carbons (Fsp3) is 0.0952. The molecule has 25 heavy (non-hydrogen) atoms. The van der Waals surface area contributed by atoms with Gasteiger partial charge in [0.05, 0.1) is 12.8 Å². The second kappa shape index (κ2) is 7.96. The molecular formula is C21H19O3P. The summed E-state index contributed by atoms with van der Waals surface area (Å²) in [5, 5.41) is 14.4. The molecule has 3 aromatic rings. The van der Waals surface area contributed by atoms with Crippen molar-refractivity contribution >= 4 is 29.3 Å². The molecular weight excluding hydrogens is 331 g/mol. The van der Waals surface area contributed by atoms with Gasteiger partial charge in [0.2, 0.25) is 0 Å². The van der Waals surface area contributed by atoms with Crippen molar-refractivity contribution in [2.45, 2.75) is 0 Å². The van der Waals surface area contributed by atoms with E-state index in [1.54, 1.807) is 0 Å². The topological polar surface area (TPSA) is 49.4 Å². The maximum Gasteiger partial charge on any atom is 0.252 e. The highest BCUT2D eigenvalue weighted by atomic mass is 31.2. The standard InChI is InChI=1S/C21H19O3P/c22-21(23)24-16-17-25(18-10-4-1-5-11-18,19-12-6-2-7-13-19)20-14-8-3-9-15-20/h1-15H,16-17H2. The summed E-state index contributed by atoms with van der Waals surface area (Å²) in [6, 6.07) is 30.8. The van der Waals surface area contributed by atoms with Gasteiger partial charge in [-0.1, -0.05) is 54.6 Å². The first-order chi connectivity index (χ1) is 12.2. The SMILES string of the molecule is O=C([O-])OCC[P+](c1ccccc1)(c1ccccc1)c1ccccc1. The maximum absolute atomic E-state index is 10.8. The Kier molecular flexibility index (Phi) is 5.47. The van der Waals surface area contributed by atoms with E-state index in [2.05, 4.69) is 36.4 Å². The van der Waals surface area contributed by atoms with Crippen molar-refractivity contribution < 1.29 is 14.6 Å². The molecule has 3 nitrogen and oxygen atoms in total. The van der Waals surface area contributed by atoms with Crippen molar-refractivity contribution in [1.29, 1.82) is 0 Å². The Labute approximate surface area is 148 Å². The van der Waals surface area contributed by atoms with Gasteiger partial charge in [0.25, 0.3) is 6.16 Å². The quantitative estimate of drug-likeness (QED) is 0.506. The summed E-state index contributed by atoms with van der Waals surface area (Å²) < 4.78 is 4.80. The molecule has 0 bridgehead atoms. The minimum absolute atomic E-state index is 0.106. The number of carboxylic acid groups (broad SMARTS) is 1. The van der Waals surface area contributed by atoms with Gasteiger partial charge in [0.15, 0.2) is 0 Å². The van der Waals surface area contributed by atoms with E-state index in [0.29, 0.717) is 6.16 Å². The Balaban J connectivity index is 2.18. The molecule has 3 rings (SSSR count). The van der Waals surface area contributed by atoms with E-state index in [-0.39, 0.29) is 6.61 Å². The van der Waals surface area contributed by atoms with Crippen LogP contribution in [0.2, 0.25) is 0 Å². The van der Waals surface area contributed by atoms with Gasteiger partial charge in [0, 0.05) is 0 Å². The van der Waals surface area contributed by atoms with Crippen LogP contribution in [0.4, 0.5) is 4.79 Å². The summed E-state index contributed by atoms with van der Waals surface area (Å²) in [4.78, 5) is 10.8. The van der Waals surface area contributed by atoms with Gasteiger partial charge in [-0.05, 0) is 36.4 Å². The molecule has 0 aliphatic rings. The molecule has 0 spiro atoms. The van der Waals surface area contributed by atoms with Crippen molar-refractivity contribution in [3.05, 3.63) is 91.0 Å². The number of hydrogen-bond acceptors (Lipinski definition) is 3. The molecule has 0 atom stereocenters. The van der Waals surface area contributed by atoms with Crippen LogP contribution in [0, 0.1) is 0 Å². The second-order valence-corrected chi connectivity index (χ2v) is 9.25. The van der Waals surface area contributed by atoms with Crippen molar-refractivity contribution in [2.24, 2.45) is 0 Å². The van der Waals surface area contributed by atoms with Crippen LogP contribution in [0.5, 0.6) is 0 Å². The molecule has 0 amide bonds. The van der Waals surface area contributed by atoms with Crippen molar-refractivity contribution in [3.8, 4) is 0 Å². The summed E-state index contributed by atoms with van der Waals surface area (Å²) in [5.41, 5.74) is 0. The fourth-order valence-electron chi connectivity index (χ4n) is 3.15. The fourth-order valence-corrected chi connectivity index (χ4v) is 7.23. The highest BCUT2D eigenvalue weighted by Gasteiger charge is 2.44. The van der Waals surface area contributed by atoms with Gasteiger partial charge in [-0.3, -0.25) is 0 Å². The number of ether oxygens (including phenoxy) is 1. The van der Waals surface area contributed by atoms with Crippen LogP contribution in [-0.2, 0) is 4.74 Å². The van der Waals surface area contributed by atoms with Gasteiger partial charge in [-0.2, -0.15) is 0 Å². The Hall–Kier alpha value is -2.64. The first-order valence-corrected chi connectivity index (χ1v) is 10.1. The summed E-state index contributed by atoms with van der Waals surface area (Å²) in [6.45, 7) is 0.106. The number of carbonyl (C=O) groups excluding carboxylic acids is 1. The Morgan fingerprint density at radius 2 is 1.08 bits per heavy atom. The lowest BCUT2D eigenvalue weighted by Crippen LogP contribution is -2.35. The predicted molar refractivity (Wildman–Crippen MR) is 101 cm³/mol. The van der Waals surface area contributed by atoms with E-state index in [0.717, 1.165) is 0 Å². The monoisotopic (exact) mass is 350 g/mol. The smallest absolute Gasteiger partial charge is 0.252 e. The molecule has 0 radical (unpaired) electrons. The molecule has 0 heterocycles. The molecule has 0 aliphatic carbocycles. The zero-order chi connectivity index (χ0) is 17.5. The maximum atomic E-state index is 10.8. The first-order valence-electron chi connectivity index (χ1n) is 8.12. The lowest BCUT2D eigenvalue weighted by atomic mass is 10.4. The van der Waals surface area contributed by atoms with Crippen LogP contribution < -0.4 is 21.0 Å². The van der Waals surface area contributed by atoms with Crippen LogP contribution in [0.1, 0.15) is 0 Å². The predicted octanol–water partition coefficient (Wildman–Crippen LogP) is 2.34. The molecule has 4 heteroatoms. The van der Waals surface area contributed by atoms with E-state index in [1.165, 1.54) is 15.9 Å². The molecule has 0 saturated heterocycles. The van der Waals surface area contributed by atoms with Crippen LogP contribution in [0.15, 0.2) is 91.0 Å². The van der Waals surface area contributed by atoms with E-state index in [1.807, 2.05) is 54.6 Å². The lowest BCUT2D eigenvalue weighted by Gasteiger charge is -2.28. The molecule has 126 valence electrons. The number of carbonyl (C=O) groups is 1. The van der Waals surface area contributed by atoms with E-state index < -0.39 is 13.4 Å². The van der Waals surface area contributed by atoms with Gasteiger partial charge >= 0.3 is 0 Å². The number of hydrogen-bond donors (Lipinski definition) is 0. The highest BCUT2D eigenvalue weighted by molar-refractivity contribution is 7.95. The van der Waals surface area contributed by atoms with Crippen LogP contribution in [-0.4, -0.2) is 18.9 Å². The summed E-state index contributed by atoms with van der Waals surface area (Å²) >= 11 is 0. The molecule has 0 fully saturated rings. The third kappa shape index (κ3) is 3.72. The van der Waals surface area contributed by atoms with E-state index >= 15 is 0 Å². The third-order valence-electron chi connectivity index (χ3n) is 4.24. The lowest BCUT2D eigenvalue weighted by molar-refractivity contribution is -0.282. The number of rotatable bonds is 6. The molecule has 0 saturated carbocycles. The molecule has 0 unspecified atom stereocenters. The van der Waals surface area contributed by atoms with Crippen molar-refractivity contribution in [3.63, 3.8) is 0 Å². The van der Waals surface area contributed by atoms with Gasteiger partial charge in [-0.15, -0.1) is 0 Å². The largest absolute Gasteiger partial charge is 0.546 e. The second-order valence-electron chi connectivity index (χ2n) is 5.64. The summed E-state index contributed by atoms with van der Waals surface area (Å²) in [5.74, 6) is 0. The third-order valence-corrected chi connectivity index (χ3v) is 8.63. The van der Waals surface area contributed by atoms with Gasteiger partial charge in [0.1, 0.15) is 23.2 Å². The van der Waals surface area contributed by atoms with E-state index in [9.17, 15) is 9.90 Å². The zero-order valence-electron chi connectivity index (χ0n) is 13.7. The Bertz CT molecular complexity index is 708. The first kappa shape index (κ1) is 17.2. The van der Waals surface area contributed by atoms with Crippen LogP contribution in [0.3, 0.4) is 0 Å². The molecule has 0 aromatic heterocycles. The molecule has 0 aliphatic heterocycles.